The maximum atomic E-state index is 10.7. The molecule has 0 heterocycles. The predicted molar refractivity (Wildman–Crippen MR) is 87.9 cm³/mol. The van der Waals surface area contributed by atoms with Gasteiger partial charge in [0.05, 0.1) is 18.6 Å². The Morgan fingerprint density at radius 1 is 1.23 bits per heavy atom. The van der Waals surface area contributed by atoms with Gasteiger partial charge in [-0.3, -0.25) is 10.1 Å². The summed E-state index contributed by atoms with van der Waals surface area (Å²) in [5, 5.41) is 10.7. The van der Waals surface area contributed by atoms with E-state index in [-0.39, 0.29) is 5.70 Å². The fourth-order valence-corrected chi connectivity index (χ4v) is 2.07. The van der Waals surface area contributed by atoms with Crippen LogP contribution in [0.5, 0.6) is 11.5 Å². The normalized spacial score (nSPS) is 11.3. The molecule has 0 amide bonds. The van der Waals surface area contributed by atoms with Crippen LogP contribution in [0, 0.1) is 10.1 Å². The van der Waals surface area contributed by atoms with Crippen molar-refractivity contribution >= 4 is 6.08 Å². The summed E-state index contributed by atoms with van der Waals surface area (Å²) in [6.07, 6.45) is 7.43. The van der Waals surface area contributed by atoms with Crippen molar-refractivity contribution in [2.75, 3.05) is 13.7 Å². The third-order valence-electron chi connectivity index (χ3n) is 3.36. The van der Waals surface area contributed by atoms with Gasteiger partial charge in [0.25, 0.3) is 0 Å². The molecule has 0 aliphatic heterocycles. The third kappa shape index (κ3) is 6.16. The van der Waals surface area contributed by atoms with Gasteiger partial charge in [0.2, 0.25) is 5.70 Å². The number of allylic oxidation sites excluding steroid dienone is 1. The molecule has 22 heavy (non-hydrogen) atoms. The largest absolute Gasteiger partial charge is 0.493 e. The zero-order chi connectivity index (χ0) is 16.4. The van der Waals surface area contributed by atoms with Crippen molar-refractivity contribution in [2.45, 2.75) is 46.0 Å². The molecule has 0 saturated carbocycles. The van der Waals surface area contributed by atoms with E-state index in [4.69, 9.17) is 9.47 Å². The smallest absolute Gasteiger partial charge is 0.243 e. The van der Waals surface area contributed by atoms with Crippen LogP contribution in [0.4, 0.5) is 0 Å². The first-order valence-electron chi connectivity index (χ1n) is 7.72. The standard InChI is InChI=1S/C17H25NO4/c1-4-5-6-7-8-11-22-16-10-9-15(13-17(16)21-3)12-14(2)18(19)20/h9-10,12-13H,4-8,11H2,1-3H3/b14-12-. The van der Waals surface area contributed by atoms with E-state index in [1.807, 2.05) is 0 Å². The van der Waals surface area contributed by atoms with Crippen LogP contribution in [-0.4, -0.2) is 18.6 Å². The molecule has 0 aliphatic carbocycles. The summed E-state index contributed by atoms with van der Waals surface area (Å²) in [5.74, 6) is 1.27. The van der Waals surface area contributed by atoms with Crippen molar-refractivity contribution in [1.29, 1.82) is 0 Å². The maximum absolute atomic E-state index is 10.7. The summed E-state index contributed by atoms with van der Waals surface area (Å²) >= 11 is 0. The minimum Gasteiger partial charge on any atom is -0.493 e. The van der Waals surface area contributed by atoms with Gasteiger partial charge >= 0.3 is 0 Å². The lowest BCUT2D eigenvalue weighted by Crippen LogP contribution is -2.00. The van der Waals surface area contributed by atoms with E-state index in [0.717, 1.165) is 12.0 Å². The van der Waals surface area contributed by atoms with Crippen LogP contribution in [0.25, 0.3) is 6.08 Å². The van der Waals surface area contributed by atoms with E-state index in [0.29, 0.717) is 18.1 Å². The third-order valence-corrected chi connectivity index (χ3v) is 3.36. The van der Waals surface area contributed by atoms with Gasteiger partial charge in [-0.15, -0.1) is 0 Å². The molecule has 5 heteroatoms. The van der Waals surface area contributed by atoms with E-state index in [1.54, 1.807) is 25.3 Å². The lowest BCUT2D eigenvalue weighted by molar-refractivity contribution is -0.422. The fourth-order valence-electron chi connectivity index (χ4n) is 2.07. The highest BCUT2D eigenvalue weighted by molar-refractivity contribution is 5.56. The Morgan fingerprint density at radius 3 is 2.59 bits per heavy atom. The van der Waals surface area contributed by atoms with Gasteiger partial charge in [0.15, 0.2) is 11.5 Å². The van der Waals surface area contributed by atoms with Crippen LogP contribution in [0.1, 0.15) is 51.5 Å². The Labute approximate surface area is 132 Å². The highest BCUT2D eigenvalue weighted by Crippen LogP contribution is 2.29. The first-order valence-corrected chi connectivity index (χ1v) is 7.72. The number of benzene rings is 1. The number of hydrogen-bond donors (Lipinski definition) is 0. The topological polar surface area (TPSA) is 61.6 Å². The van der Waals surface area contributed by atoms with E-state index >= 15 is 0 Å². The summed E-state index contributed by atoms with van der Waals surface area (Å²) in [5.41, 5.74) is 0.813. The van der Waals surface area contributed by atoms with Gasteiger partial charge in [0, 0.05) is 13.0 Å². The Hall–Kier alpha value is -2.04. The second kappa shape index (κ2) is 9.82. The molecule has 0 N–H and O–H groups in total. The van der Waals surface area contributed by atoms with Crippen molar-refractivity contribution in [1.82, 2.24) is 0 Å². The van der Waals surface area contributed by atoms with Gasteiger partial charge in [-0.2, -0.15) is 0 Å². The molecule has 5 nitrogen and oxygen atoms in total. The zero-order valence-corrected chi connectivity index (χ0v) is 13.6. The van der Waals surface area contributed by atoms with Gasteiger partial charge in [-0.25, -0.2) is 0 Å². The fraction of sp³-hybridized carbons (Fsp3) is 0.529. The molecule has 0 fully saturated rings. The average molecular weight is 307 g/mol. The van der Waals surface area contributed by atoms with Crippen LogP contribution >= 0.6 is 0 Å². The quantitative estimate of drug-likeness (QED) is 0.357. The molecule has 0 spiro atoms. The SMILES string of the molecule is CCCCCCCOc1ccc(/C=C(/C)[N+](=O)[O-])cc1OC. The van der Waals surface area contributed by atoms with Crippen LogP contribution in [0.15, 0.2) is 23.9 Å². The molecule has 1 aromatic rings. The monoisotopic (exact) mass is 307 g/mol. The second-order valence-electron chi connectivity index (χ2n) is 5.22. The number of methoxy groups -OCH3 is 1. The van der Waals surface area contributed by atoms with E-state index in [1.165, 1.54) is 38.7 Å². The maximum Gasteiger partial charge on any atom is 0.243 e. The molecule has 0 unspecified atom stereocenters. The molecule has 0 aliphatic rings. The van der Waals surface area contributed by atoms with Gasteiger partial charge in [0.1, 0.15) is 0 Å². The first-order chi connectivity index (χ1) is 10.6. The van der Waals surface area contributed by atoms with Crippen LogP contribution in [0.2, 0.25) is 0 Å². The van der Waals surface area contributed by atoms with Crippen molar-refractivity contribution < 1.29 is 14.4 Å². The summed E-state index contributed by atoms with van der Waals surface area (Å²) in [6.45, 7) is 4.31. The number of rotatable bonds is 10. The summed E-state index contributed by atoms with van der Waals surface area (Å²) in [6, 6.07) is 5.34. The van der Waals surface area contributed by atoms with E-state index in [2.05, 4.69) is 6.92 Å². The zero-order valence-electron chi connectivity index (χ0n) is 13.6. The summed E-state index contributed by atoms with van der Waals surface area (Å²) < 4.78 is 11.0. The van der Waals surface area contributed by atoms with Crippen molar-refractivity contribution in [3.63, 3.8) is 0 Å². The highest BCUT2D eigenvalue weighted by Gasteiger charge is 2.07. The van der Waals surface area contributed by atoms with E-state index in [9.17, 15) is 10.1 Å². The van der Waals surface area contributed by atoms with Crippen molar-refractivity contribution in [3.8, 4) is 11.5 Å². The van der Waals surface area contributed by atoms with Crippen LogP contribution < -0.4 is 9.47 Å². The molecular formula is C17H25NO4. The van der Waals surface area contributed by atoms with E-state index < -0.39 is 4.92 Å². The van der Waals surface area contributed by atoms with Crippen molar-refractivity contribution in [3.05, 3.63) is 39.6 Å². The van der Waals surface area contributed by atoms with Crippen molar-refractivity contribution in [2.24, 2.45) is 0 Å². The number of unbranched alkanes of at least 4 members (excludes halogenated alkanes) is 4. The predicted octanol–water partition coefficient (Wildman–Crippen LogP) is 4.68. The average Bonchev–Trinajstić information content (AvgIpc) is 2.51. The molecule has 1 aromatic carbocycles. The van der Waals surface area contributed by atoms with Crippen LogP contribution in [0.3, 0.4) is 0 Å². The number of ether oxygens (including phenoxy) is 2. The number of nitrogens with zero attached hydrogens (tertiary/aromatic N) is 1. The Bertz CT molecular complexity index is 511. The number of nitro groups is 1. The molecular weight excluding hydrogens is 282 g/mol. The molecule has 0 bridgehead atoms. The molecule has 0 radical (unpaired) electrons. The Kier molecular flexibility index (Phi) is 8.04. The van der Waals surface area contributed by atoms with Gasteiger partial charge in [-0.05, 0) is 24.1 Å². The lowest BCUT2D eigenvalue weighted by atomic mass is 10.1. The highest BCUT2D eigenvalue weighted by atomic mass is 16.6. The lowest BCUT2D eigenvalue weighted by Gasteiger charge is -2.11. The second-order valence-corrected chi connectivity index (χ2v) is 5.22. The minimum absolute atomic E-state index is 0.0895. The molecule has 122 valence electrons. The van der Waals surface area contributed by atoms with Crippen LogP contribution in [-0.2, 0) is 0 Å². The molecule has 0 aromatic heterocycles. The number of hydrogen-bond acceptors (Lipinski definition) is 4. The molecule has 1 rings (SSSR count). The molecule has 0 saturated heterocycles. The summed E-state index contributed by atoms with van der Waals surface area (Å²) in [7, 11) is 1.57. The minimum atomic E-state index is -0.410. The Morgan fingerprint density at radius 2 is 1.95 bits per heavy atom. The molecule has 0 atom stereocenters. The summed E-state index contributed by atoms with van der Waals surface area (Å²) in [4.78, 5) is 10.2. The van der Waals surface area contributed by atoms with Gasteiger partial charge < -0.3 is 9.47 Å². The first kappa shape index (κ1) is 18.0. The Balaban J connectivity index is 2.61. The van der Waals surface area contributed by atoms with Gasteiger partial charge in [-0.1, -0.05) is 38.7 Å².